The molecule has 4 aromatic rings. The lowest BCUT2D eigenvalue weighted by molar-refractivity contribution is -0.117. The topological polar surface area (TPSA) is 69.0 Å². The quantitative estimate of drug-likeness (QED) is 0.473. The summed E-state index contributed by atoms with van der Waals surface area (Å²) in [5, 5.41) is 7.53. The molecule has 1 aromatic heterocycles. The molecule has 1 fully saturated rings. The third-order valence-corrected chi connectivity index (χ3v) is 5.89. The second-order valence-electron chi connectivity index (χ2n) is 8.04. The van der Waals surface area contributed by atoms with Crippen molar-refractivity contribution < 1.29 is 9.53 Å². The molecule has 6 heteroatoms. The lowest BCUT2D eigenvalue weighted by Gasteiger charge is -2.09. The molecule has 1 saturated carbocycles. The number of amides is 1. The molecule has 1 amide bonds. The molecule has 1 aliphatic rings. The molecule has 2 atom stereocenters. The van der Waals surface area contributed by atoms with Crippen molar-refractivity contribution in [2.75, 3.05) is 12.4 Å². The van der Waals surface area contributed by atoms with Crippen LogP contribution >= 0.6 is 0 Å². The fraction of sp³-hybridized carbons (Fsp3) is 0.192. The van der Waals surface area contributed by atoms with Crippen molar-refractivity contribution in [3.05, 3.63) is 90.0 Å². The number of rotatable bonds is 6. The Balaban J connectivity index is 1.34. The first-order valence-electron chi connectivity index (χ1n) is 10.7. The first kappa shape index (κ1) is 20.0. The molecule has 32 heavy (non-hydrogen) atoms. The Morgan fingerprint density at radius 3 is 2.44 bits per heavy atom. The van der Waals surface area contributed by atoms with Crippen LogP contribution < -0.4 is 10.1 Å². The molecule has 0 bridgehead atoms. The third kappa shape index (κ3) is 3.87. The van der Waals surface area contributed by atoms with Gasteiger partial charge in [-0.1, -0.05) is 54.6 Å². The Morgan fingerprint density at radius 2 is 1.72 bits per heavy atom. The van der Waals surface area contributed by atoms with E-state index in [2.05, 4.69) is 27.5 Å². The SMILES string of the molecule is COc1nc(-c2ccccc2C)n(-c2ccc(NC(=O)C3C[C@H]3c3ccccc3)cc2)n1. The number of carbonyl (C=O) groups excluding carboxylic acids is 1. The van der Waals surface area contributed by atoms with Crippen molar-refractivity contribution in [2.45, 2.75) is 19.3 Å². The van der Waals surface area contributed by atoms with Gasteiger partial charge in [0, 0.05) is 17.2 Å². The average Bonchev–Trinajstić information content (AvgIpc) is 3.53. The van der Waals surface area contributed by atoms with Crippen LogP contribution in [-0.4, -0.2) is 27.8 Å². The smallest absolute Gasteiger partial charge is 0.336 e. The van der Waals surface area contributed by atoms with Gasteiger partial charge in [-0.3, -0.25) is 4.79 Å². The predicted octanol–water partition coefficient (Wildman–Crippen LogP) is 4.99. The highest BCUT2D eigenvalue weighted by atomic mass is 16.5. The Morgan fingerprint density at radius 1 is 1.00 bits per heavy atom. The van der Waals surface area contributed by atoms with Crippen molar-refractivity contribution >= 4 is 11.6 Å². The maximum atomic E-state index is 12.7. The van der Waals surface area contributed by atoms with E-state index in [4.69, 9.17) is 4.74 Å². The fourth-order valence-electron chi connectivity index (χ4n) is 4.03. The zero-order chi connectivity index (χ0) is 22.1. The molecule has 1 aliphatic carbocycles. The first-order chi connectivity index (χ1) is 15.6. The number of hydrogen-bond acceptors (Lipinski definition) is 4. The van der Waals surface area contributed by atoms with E-state index in [0.717, 1.165) is 28.9 Å². The van der Waals surface area contributed by atoms with Gasteiger partial charge in [0.15, 0.2) is 5.82 Å². The van der Waals surface area contributed by atoms with Gasteiger partial charge in [-0.25, -0.2) is 4.68 Å². The monoisotopic (exact) mass is 424 g/mol. The van der Waals surface area contributed by atoms with Crippen LogP contribution in [0.5, 0.6) is 6.01 Å². The van der Waals surface area contributed by atoms with Gasteiger partial charge in [0.1, 0.15) is 0 Å². The molecular weight excluding hydrogens is 400 g/mol. The average molecular weight is 425 g/mol. The summed E-state index contributed by atoms with van der Waals surface area (Å²) in [5.41, 5.74) is 4.92. The van der Waals surface area contributed by atoms with E-state index in [1.165, 1.54) is 5.56 Å². The Hall–Kier alpha value is -3.93. The van der Waals surface area contributed by atoms with Crippen molar-refractivity contribution in [1.29, 1.82) is 0 Å². The standard InChI is InChI=1S/C26H24N4O2/c1-17-8-6-7-11-21(17)24-28-26(32-2)29-30(24)20-14-12-19(13-15-20)27-25(31)23-16-22(23)18-9-4-3-5-10-18/h3-15,22-23H,16H2,1-2H3,(H,27,31)/t22-,23?/m0/s1. The second-order valence-corrected chi connectivity index (χ2v) is 8.04. The summed E-state index contributed by atoms with van der Waals surface area (Å²) >= 11 is 0. The zero-order valence-electron chi connectivity index (χ0n) is 18.0. The van der Waals surface area contributed by atoms with Gasteiger partial charge in [0.2, 0.25) is 5.91 Å². The van der Waals surface area contributed by atoms with Gasteiger partial charge in [-0.05, 0) is 54.7 Å². The van der Waals surface area contributed by atoms with E-state index in [-0.39, 0.29) is 11.8 Å². The van der Waals surface area contributed by atoms with Crippen LogP contribution in [0.15, 0.2) is 78.9 Å². The van der Waals surface area contributed by atoms with E-state index in [1.807, 2.05) is 73.7 Å². The highest BCUT2D eigenvalue weighted by Gasteiger charge is 2.43. The third-order valence-electron chi connectivity index (χ3n) is 5.89. The van der Waals surface area contributed by atoms with E-state index in [9.17, 15) is 4.79 Å². The molecule has 5 rings (SSSR count). The van der Waals surface area contributed by atoms with Gasteiger partial charge in [0.25, 0.3) is 0 Å². The molecule has 1 unspecified atom stereocenters. The predicted molar refractivity (Wildman–Crippen MR) is 124 cm³/mol. The van der Waals surface area contributed by atoms with Crippen LogP contribution in [0.25, 0.3) is 17.1 Å². The summed E-state index contributed by atoms with van der Waals surface area (Å²) in [6.45, 7) is 2.04. The molecule has 1 heterocycles. The van der Waals surface area contributed by atoms with E-state index >= 15 is 0 Å². The number of anilines is 1. The molecule has 160 valence electrons. The molecular formula is C26H24N4O2. The van der Waals surface area contributed by atoms with Gasteiger partial charge in [-0.2, -0.15) is 4.98 Å². The summed E-state index contributed by atoms with van der Waals surface area (Å²) < 4.78 is 7.04. The van der Waals surface area contributed by atoms with E-state index in [0.29, 0.717) is 17.8 Å². The number of nitrogens with one attached hydrogen (secondary N) is 1. The first-order valence-corrected chi connectivity index (χ1v) is 10.7. The number of methoxy groups -OCH3 is 1. The largest absolute Gasteiger partial charge is 0.466 e. The number of ether oxygens (including phenoxy) is 1. The fourth-order valence-corrected chi connectivity index (χ4v) is 4.03. The minimum Gasteiger partial charge on any atom is -0.466 e. The maximum absolute atomic E-state index is 12.7. The van der Waals surface area contributed by atoms with Crippen LogP contribution in [0.4, 0.5) is 5.69 Å². The Kier molecular flexibility index (Phi) is 5.19. The molecule has 3 aromatic carbocycles. The molecule has 1 N–H and O–H groups in total. The Labute approximate surface area is 186 Å². The minimum absolute atomic E-state index is 0.0318. The summed E-state index contributed by atoms with van der Waals surface area (Å²) in [5.74, 6) is 1.12. The lowest BCUT2D eigenvalue weighted by Crippen LogP contribution is -2.14. The van der Waals surface area contributed by atoms with Crippen LogP contribution in [0.3, 0.4) is 0 Å². The number of benzene rings is 3. The highest BCUT2D eigenvalue weighted by molar-refractivity contribution is 5.95. The zero-order valence-corrected chi connectivity index (χ0v) is 18.0. The second kappa shape index (κ2) is 8.30. The van der Waals surface area contributed by atoms with Crippen LogP contribution in [-0.2, 0) is 4.79 Å². The van der Waals surface area contributed by atoms with E-state index in [1.54, 1.807) is 11.8 Å². The van der Waals surface area contributed by atoms with Crippen molar-refractivity contribution in [3.63, 3.8) is 0 Å². The van der Waals surface area contributed by atoms with E-state index < -0.39 is 0 Å². The van der Waals surface area contributed by atoms with Gasteiger partial charge >= 0.3 is 6.01 Å². The van der Waals surface area contributed by atoms with Crippen LogP contribution in [0, 0.1) is 12.8 Å². The van der Waals surface area contributed by atoms with Gasteiger partial charge < -0.3 is 10.1 Å². The van der Waals surface area contributed by atoms with Crippen molar-refractivity contribution in [2.24, 2.45) is 5.92 Å². The van der Waals surface area contributed by atoms with Crippen LogP contribution in [0.2, 0.25) is 0 Å². The molecule has 0 radical (unpaired) electrons. The summed E-state index contributed by atoms with van der Waals surface area (Å²) in [6, 6.07) is 26.2. The molecule has 0 saturated heterocycles. The summed E-state index contributed by atoms with van der Waals surface area (Å²) in [7, 11) is 1.56. The molecule has 6 nitrogen and oxygen atoms in total. The molecule has 0 spiro atoms. The minimum atomic E-state index is 0.0318. The Bertz CT molecular complexity index is 1250. The number of nitrogens with zero attached hydrogens (tertiary/aromatic N) is 3. The summed E-state index contributed by atoms with van der Waals surface area (Å²) in [4.78, 5) is 17.2. The normalized spacial score (nSPS) is 17.1. The molecule has 0 aliphatic heterocycles. The number of carbonyl (C=O) groups is 1. The summed E-state index contributed by atoms with van der Waals surface area (Å²) in [6.07, 6.45) is 0.895. The van der Waals surface area contributed by atoms with Gasteiger partial charge in [-0.15, -0.1) is 5.10 Å². The van der Waals surface area contributed by atoms with Crippen molar-refractivity contribution in [3.8, 4) is 23.1 Å². The lowest BCUT2D eigenvalue weighted by atomic mass is 10.1. The highest BCUT2D eigenvalue weighted by Crippen LogP contribution is 2.47. The maximum Gasteiger partial charge on any atom is 0.336 e. The number of hydrogen-bond donors (Lipinski definition) is 1. The van der Waals surface area contributed by atoms with Crippen LogP contribution in [0.1, 0.15) is 23.5 Å². The number of aryl methyl sites for hydroxylation is 1. The number of aromatic nitrogens is 3. The van der Waals surface area contributed by atoms with Crippen molar-refractivity contribution in [1.82, 2.24) is 14.8 Å². The van der Waals surface area contributed by atoms with Gasteiger partial charge in [0.05, 0.1) is 12.8 Å².